The highest BCUT2D eigenvalue weighted by atomic mass is 15.1. The van der Waals surface area contributed by atoms with E-state index in [0.29, 0.717) is 0 Å². The van der Waals surface area contributed by atoms with Crippen LogP contribution in [-0.2, 0) is 0 Å². The molecule has 0 unspecified atom stereocenters. The Morgan fingerprint density at radius 2 is 1.81 bits per heavy atom. The lowest BCUT2D eigenvalue weighted by Crippen LogP contribution is -2.20. The number of likely N-dealkylation sites (N-methyl/N-ethyl adjacent to an activating group) is 1. The van der Waals surface area contributed by atoms with Crippen LogP contribution in [-0.4, -0.2) is 26.7 Å². The van der Waals surface area contributed by atoms with Crippen LogP contribution in [0, 0.1) is 0 Å². The third kappa shape index (κ3) is 5.55. The van der Waals surface area contributed by atoms with Gasteiger partial charge in [-0.1, -0.05) is 44.2 Å². The average Bonchev–Trinajstić information content (AvgIpc) is 2.70. The molecule has 0 saturated carbocycles. The first-order valence-corrected chi connectivity index (χ1v) is 9.73. The normalized spacial score (nSPS) is 13.1. The second kappa shape index (κ2) is 10.3. The summed E-state index contributed by atoms with van der Waals surface area (Å²) in [5.74, 6) is 0. The largest absolute Gasteiger partial charge is 0.399 e. The van der Waals surface area contributed by atoms with Crippen LogP contribution in [0.1, 0.15) is 31.9 Å². The number of fused-ring (bicyclic) bond motifs is 2. The van der Waals surface area contributed by atoms with Gasteiger partial charge in [0, 0.05) is 49.4 Å². The fourth-order valence-electron chi connectivity index (χ4n) is 3.01. The molecule has 0 spiro atoms. The molecule has 4 rings (SSSR count). The molecule has 2 aromatic rings. The summed E-state index contributed by atoms with van der Waals surface area (Å²) in [6.07, 6.45) is 8.58. The number of nitrogens with two attached hydrogens (primary N) is 1. The molecule has 0 radical (unpaired) electrons. The van der Waals surface area contributed by atoms with Crippen molar-refractivity contribution in [1.82, 2.24) is 0 Å². The van der Waals surface area contributed by atoms with E-state index in [4.69, 9.17) is 5.73 Å². The van der Waals surface area contributed by atoms with Crippen LogP contribution in [0.5, 0.6) is 0 Å². The Bertz CT molecular complexity index is 793. The molecule has 4 N–H and O–H groups in total. The Labute approximate surface area is 163 Å². The quantitative estimate of drug-likeness (QED) is 0.632. The summed E-state index contributed by atoms with van der Waals surface area (Å²) in [4.78, 5) is 2.26. The molecule has 2 heterocycles. The standard InChI is InChI=1S/C12H16N2.C9H10N2.C2H6/c1-3-13-11-6-7-12-10(9-11)5-4-8-14(12)2;10-8-4-3-7-2-1-5-11-9(7)6-8;1-2/h4-7,9,13H,3,8H2,1-2H3;1-4,6,11H,5,10H2;1-2H3. The molecule has 0 atom stereocenters. The van der Waals surface area contributed by atoms with E-state index >= 15 is 0 Å². The van der Waals surface area contributed by atoms with Crippen LogP contribution in [0.2, 0.25) is 0 Å². The fraction of sp³-hybridized carbons (Fsp3) is 0.304. The van der Waals surface area contributed by atoms with Crippen molar-refractivity contribution in [3.63, 3.8) is 0 Å². The number of hydrogen-bond donors (Lipinski definition) is 3. The predicted molar refractivity (Wildman–Crippen MR) is 123 cm³/mol. The molecule has 2 aliphatic rings. The van der Waals surface area contributed by atoms with Gasteiger partial charge in [-0.2, -0.15) is 0 Å². The Morgan fingerprint density at radius 3 is 2.59 bits per heavy atom. The highest BCUT2D eigenvalue weighted by Crippen LogP contribution is 2.27. The summed E-state index contributed by atoms with van der Waals surface area (Å²) in [6.45, 7) is 8.99. The molecule has 4 heteroatoms. The number of nitrogen functional groups attached to an aromatic ring is 1. The van der Waals surface area contributed by atoms with Crippen LogP contribution >= 0.6 is 0 Å². The lowest BCUT2D eigenvalue weighted by molar-refractivity contribution is 1.02. The third-order valence-electron chi connectivity index (χ3n) is 4.28. The molecule has 0 saturated heterocycles. The van der Waals surface area contributed by atoms with Gasteiger partial charge in [0.2, 0.25) is 0 Å². The molecule has 0 fully saturated rings. The van der Waals surface area contributed by atoms with E-state index in [1.807, 2.05) is 32.0 Å². The fourth-order valence-corrected chi connectivity index (χ4v) is 3.01. The predicted octanol–water partition coefficient (Wildman–Crippen LogP) is 5.32. The van der Waals surface area contributed by atoms with Crippen molar-refractivity contribution in [1.29, 1.82) is 0 Å². The van der Waals surface area contributed by atoms with E-state index in [-0.39, 0.29) is 0 Å². The summed E-state index contributed by atoms with van der Waals surface area (Å²) >= 11 is 0. The maximum atomic E-state index is 5.62. The zero-order chi connectivity index (χ0) is 19.6. The van der Waals surface area contributed by atoms with Crippen molar-refractivity contribution >= 4 is 34.9 Å². The summed E-state index contributed by atoms with van der Waals surface area (Å²) in [6, 6.07) is 12.4. The van der Waals surface area contributed by atoms with Crippen molar-refractivity contribution in [2.45, 2.75) is 20.8 Å². The topological polar surface area (TPSA) is 53.3 Å². The van der Waals surface area contributed by atoms with Crippen LogP contribution in [0.3, 0.4) is 0 Å². The minimum absolute atomic E-state index is 0.812. The lowest BCUT2D eigenvalue weighted by atomic mass is 10.1. The Kier molecular flexibility index (Phi) is 7.80. The summed E-state index contributed by atoms with van der Waals surface area (Å²) in [5, 5.41) is 6.56. The first-order chi connectivity index (χ1) is 13.2. The number of benzene rings is 2. The summed E-state index contributed by atoms with van der Waals surface area (Å²) < 4.78 is 0. The van der Waals surface area contributed by atoms with Crippen LogP contribution in [0.15, 0.2) is 48.6 Å². The van der Waals surface area contributed by atoms with Crippen LogP contribution in [0.4, 0.5) is 22.7 Å². The molecule has 2 aromatic carbocycles. The zero-order valence-electron chi connectivity index (χ0n) is 16.9. The van der Waals surface area contributed by atoms with E-state index < -0.39 is 0 Å². The number of anilines is 4. The number of nitrogens with zero attached hydrogens (tertiary/aromatic N) is 1. The third-order valence-corrected chi connectivity index (χ3v) is 4.28. The van der Waals surface area contributed by atoms with Gasteiger partial charge in [0.05, 0.1) is 0 Å². The molecule has 144 valence electrons. The van der Waals surface area contributed by atoms with Crippen molar-refractivity contribution in [2.75, 3.05) is 47.9 Å². The monoisotopic (exact) mass is 364 g/mol. The van der Waals surface area contributed by atoms with Gasteiger partial charge in [0.15, 0.2) is 0 Å². The Balaban J connectivity index is 0.000000181. The molecule has 0 aromatic heterocycles. The number of rotatable bonds is 2. The van der Waals surface area contributed by atoms with Crippen molar-refractivity contribution in [2.24, 2.45) is 0 Å². The molecular weight excluding hydrogens is 332 g/mol. The van der Waals surface area contributed by atoms with E-state index in [9.17, 15) is 0 Å². The first-order valence-electron chi connectivity index (χ1n) is 9.73. The van der Waals surface area contributed by atoms with E-state index in [0.717, 1.165) is 31.0 Å². The summed E-state index contributed by atoms with van der Waals surface area (Å²) in [5.41, 5.74) is 12.6. The van der Waals surface area contributed by atoms with Gasteiger partial charge < -0.3 is 21.3 Å². The SMILES string of the molecule is CC.CCNc1ccc2c(c1)C=CCN2C.Nc1ccc2c(c1)NCC=C2. The molecule has 0 bridgehead atoms. The maximum Gasteiger partial charge on any atom is 0.0441 e. The second-order valence-corrected chi connectivity index (χ2v) is 6.22. The minimum atomic E-state index is 0.812. The van der Waals surface area contributed by atoms with Crippen molar-refractivity contribution in [3.8, 4) is 0 Å². The van der Waals surface area contributed by atoms with Crippen LogP contribution < -0.4 is 21.3 Å². The molecule has 0 amide bonds. The van der Waals surface area contributed by atoms with Crippen LogP contribution in [0.25, 0.3) is 12.2 Å². The van der Waals surface area contributed by atoms with Gasteiger partial charge in [-0.15, -0.1) is 0 Å². The number of hydrogen-bond acceptors (Lipinski definition) is 4. The minimum Gasteiger partial charge on any atom is -0.399 e. The van der Waals surface area contributed by atoms with E-state index in [2.05, 4.69) is 72.0 Å². The van der Waals surface area contributed by atoms with Gasteiger partial charge in [0.25, 0.3) is 0 Å². The number of nitrogens with one attached hydrogen (secondary N) is 2. The summed E-state index contributed by atoms with van der Waals surface area (Å²) in [7, 11) is 2.12. The average molecular weight is 365 g/mol. The highest BCUT2D eigenvalue weighted by molar-refractivity contribution is 5.74. The zero-order valence-corrected chi connectivity index (χ0v) is 16.9. The Hall–Kier alpha value is -2.88. The molecular formula is C23H32N4. The van der Waals surface area contributed by atoms with E-state index in [1.165, 1.54) is 22.5 Å². The highest BCUT2D eigenvalue weighted by Gasteiger charge is 2.08. The van der Waals surface area contributed by atoms with Gasteiger partial charge in [-0.25, -0.2) is 0 Å². The van der Waals surface area contributed by atoms with Gasteiger partial charge in [-0.05, 0) is 48.4 Å². The van der Waals surface area contributed by atoms with Crippen molar-refractivity contribution in [3.05, 3.63) is 59.7 Å². The van der Waals surface area contributed by atoms with Gasteiger partial charge in [0.1, 0.15) is 0 Å². The lowest BCUT2D eigenvalue weighted by Gasteiger charge is -2.24. The smallest absolute Gasteiger partial charge is 0.0441 e. The molecule has 27 heavy (non-hydrogen) atoms. The van der Waals surface area contributed by atoms with Gasteiger partial charge >= 0.3 is 0 Å². The molecule has 2 aliphatic heterocycles. The van der Waals surface area contributed by atoms with E-state index in [1.54, 1.807) is 0 Å². The second-order valence-electron chi connectivity index (χ2n) is 6.22. The first kappa shape index (κ1) is 20.4. The van der Waals surface area contributed by atoms with Gasteiger partial charge in [-0.3, -0.25) is 0 Å². The molecule has 0 aliphatic carbocycles. The van der Waals surface area contributed by atoms with Crippen molar-refractivity contribution < 1.29 is 0 Å². The molecule has 4 nitrogen and oxygen atoms in total. The Morgan fingerprint density at radius 1 is 1.04 bits per heavy atom. The maximum absolute atomic E-state index is 5.62.